The van der Waals surface area contributed by atoms with Crippen molar-refractivity contribution in [3.63, 3.8) is 0 Å². The Morgan fingerprint density at radius 1 is 1.00 bits per heavy atom. The quantitative estimate of drug-likeness (QED) is 0.368. The molecule has 6 heteroatoms. The summed E-state index contributed by atoms with van der Waals surface area (Å²) >= 11 is 0. The van der Waals surface area contributed by atoms with Crippen LogP contribution < -0.4 is 4.74 Å². The van der Waals surface area contributed by atoms with Crippen LogP contribution in [0.3, 0.4) is 0 Å². The molecule has 4 nitrogen and oxygen atoms in total. The molecule has 1 fully saturated rings. The molecule has 1 heterocycles. The van der Waals surface area contributed by atoms with Gasteiger partial charge >= 0.3 is 0 Å². The number of carbonyl (C=O) groups excluding carboxylic acids is 1. The Balaban J connectivity index is 1.60. The van der Waals surface area contributed by atoms with Gasteiger partial charge in [0.2, 0.25) is 0 Å². The molecule has 1 aliphatic heterocycles. The molecule has 0 unspecified atom stereocenters. The first kappa shape index (κ1) is 25.8. The van der Waals surface area contributed by atoms with Crippen molar-refractivity contribution < 1.29 is 18.3 Å². The fourth-order valence-electron chi connectivity index (χ4n) is 5.16. The molecule has 36 heavy (non-hydrogen) atoms. The maximum atomic E-state index is 13.8. The van der Waals surface area contributed by atoms with Crippen LogP contribution in [0.25, 0.3) is 0 Å². The Labute approximate surface area is 212 Å². The number of hydrogen-bond acceptors (Lipinski definition) is 3. The summed E-state index contributed by atoms with van der Waals surface area (Å²) in [5.41, 5.74) is 2.59. The zero-order valence-corrected chi connectivity index (χ0v) is 21.2. The number of hydrogen-bond donors (Lipinski definition) is 0. The van der Waals surface area contributed by atoms with Gasteiger partial charge in [0.15, 0.2) is 0 Å². The van der Waals surface area contributed by atoms with Crippen molar-refractivity contribution in [2.24, 2.45) is 11.8 Å². The second-order valence-electron chi connectivity index (χ2n) is 10.1. The average molecular weight is 493 g/mol. The third-order valence-electron chi connectivity index (χ3n) is 6.75. The second-order valence-corrected chi connectivity index (χ2v) is 10.1. The van der Waals surface area contributed by atoms with Gasteiger partial charge in [-0.1, -0.05) is 38.1 Å². The Morgan fingerprint density at radius 2 is 1.75 bits per heavy atom. The minimum atomic E-state index is -0.358. The molecule has 0 saturated carbocycles. The number of benzene rings is 3. The summed E-state index contributed by atoms with van der Waals surface area (Å²) < 4.78 is 32.8. The molecule has 1 saturated heterocycles. The first-order valence-electron chi connectivity index (χ1n) is 12.5. The van der Waals surface area contributed by atoms with E-state index in [-0.39, 0.29) is 35.3 Å². The van der Waals surface area contributed by atoms with Crippen molar-refractivity contribution in [3.05, 3.63) is 101 Å². The predicted molar refractivity (Wildman–Crippen MR) is 138 cm³/mol. The second kappa shape index (κ2) is 11.7. The monoisotopic (exact) mass is 492 g/mol. The highest BCUT2D eigenvalue weighted by atomic mass is 19.1. The number of carbonyl (C=O) groups is 1. The lowest BCUT2D eigenvalue weighted by atomic mass is 9.88. The van der Waals surface area contributed by atoms with Gasteiger partial charge in [0.05, 0.1) is 7.11 Å². The lowest BCUT2D eigenvalue weighted by molar-refractivity contribution is 0.0703. The Kier molecular flexibility index (Phi) is 8.36. The third-order valence-corrected chi connectivity index (χ3v) is 6.75. The van der Waals surface area contributed by atoms with Gasteiger partial charge < -0.3 is 9.64 Å². The van der Waals surface area contributed by atoms with Crippen LogP contribution in [-0.4, -0.2) is 49.0 Å². The Bertz CT molecular complexity index is 1170. The normalized spacial score (nSPS) is 17.9. The van der Waals surface area contributed by atoms with E-state index in [4.69, 9.17) is 4.74 Å². The van der Waals surface area contributed by atoms with Crippen LogP contribution in [0.15, 0.2) is 72.8 Å². The van der Waals surface area contributed by atoms with E-state index in [1.807, 2.05) is 23.1 Å². The average Bonchev–Trinajstić information content (AvgIpc) is 3.25. The van der Waals surface area contributed by atoms with Crippen molar-refractivity contribution in [2.45, 2.75) is 26.3 Å². The summed E-state index contributed by atoms with van der Waals surface area (Å²) in [7, 11) is 1.66. The van der Waals surface area contributed by atoms with E-state index in [9.17, 15) is 13.6 Å². The summed E-state index contributed by atoms with van der Waals surface area (Å²) in [5, 5.41) is 0. The molecular formula is C30H34F2N2O2. The molecule has 190 valence electrons. The lowest BCUT2D eigenvalue weighted by Crippen LogP contribution is -2.39. The highest BCUT2D eigenvalue weighted by Crippen LogP contribution is 2.36. The largest absolute Gasteiger partial charge is 0.497 e. The minimum Gasteiger partial charge on any atom is -0.497 e. The Morgan fingerprint density at radius 3 is 2.44 bits per heavy atom. The maximum absolute atomic E-state index is 13.8. The van der Waals surface area contributed by atoms with Gasteiger partial charge in [0.25, 0.3) is 5.91 Å². The van der Waals surface area contributed by atoms with Crippen molar-refractivity contribution in [1.82, 2.24) is 9.80 Å². The fourth-order valence-corrected chi connectivity index (χ4v) is 5.16. The SMILES string of the molecule is COc1cccc([C@H]2CN(Cc3cccc(F)c3)C[C@@H]2CN(CC(C)C)C(=O)c2ccc(F)cc2)c1. The summed E-state index contributed by atoms with van der Waals surface area (Å²) in [6, 6.07) is 20.6. The molecule has 3 aromatic rings. The van der Waals surface area contributed by atoms with Gasteiger partial charge in [-0.25, -0.2) is 8.78 Å². The lowest BCUT2D eigenvalue weighted by Gasteiger charge is -2.30. The van der Waals surface area contributed by atoms with E-state index in [2.05, 4.69) is 30.9 Å². The standard InChI is InChI=1S/C30H34F2N2O2/c1-21(2)16-34(30(35)23-10-12-26(31)13-11-23)19-25-18-33(17-22-6-4-8-27(32)14-22)20-29(25)24-7-5-9-28(15-24)36-3/h4-15,21,25,29H,16-20H2,1-3H3/t25-,29-/m1/s1. The number of amides is 1. The van der Waals surface area contributed by atoms with Gasteiger partial charge in [-0.3, -0.25) is 9.69 Å². The van der Waals surface area contributed by atoms with Crippen molar-refractivity contribution in [1.29, 1.82) is 0 Å². The number of ether oxygens (including phenoxy) is 1. The Hall–Kier alpha value is -3.25. The number of halogens is 2. The smallest absolute Gasteiger partial charge is 0.253 e. The molecule has 0 spiro atoms. The molecule has 0 bridgehead atoms. The predicted octanol–water partition coefficient (Wildman–Crippen LogP) is 5.99. The highest BCUT2D eigenvalue weighted by Gasteiger charge is 2.36. The highest BCUT2D eigenvalue weighted by molar-refractivity contribution is 5.94. The van der Waals surface area contributed by atoms with E-state index in [0.29, 0.717) is 25.2 Å². The topological polar surface area (TPSA) is 32.8 Å². The summed E-state index contributed by atoms with van der Waals surface area (Å²) in [6.45, 7) is 7.60. The zero-order valence-electron chi connectivity index (χ0n) is 21.2. The third kappa shape index (κ3) is 6.49. The van der Waals surface area contributed by atoms with Gasteiger partial charge in [-0.15, -0.1) is 0 Å². The minimum absolute atomic E-state index is 0.0864. The molecule has 0 N–H and O–H groups in total. The summed E-state index contributed by atoms with van der Waals surface area (Å²) in [6.07, 6.45) is 0. The molecule has 4 rings (SSSR count). The molecule has 0 radical (unpaired) electrons. The van der Waals surface area contributed by atoms with Crippen molar-refractivity contribution in [3.8, 4) is 5.75 Å². The van der Waals surface area contributed by atoms with Gasteiger partial charge in [0.1, 0.15) is 17.4 Å². The summed E-state index contributed by atoms with van der Waals surface area (Å²) in [4.78, 5) is 17.7. The summed E-state index contributed by atoms with van der Waals surface area (Å²) in [5.74, 6) is 0.768. The number of methoxy groups -OCH3 is 1. The van der Waals surface area contributed by atoms with Gasteiger partial charge in [-0.2, -0.15) is 0 Å². The van der Waals surface area contributed by atoms with Crippen LogP contribution in [-0.2, 0) is 6.54 Å². The molecule has 0 aliphatic carbocycles. The first-order valence-corrected chi connectivity index (χ1v) is 12.5. The van der Waals surface area contributed by atoms with Crippen LogP contribution >= 0.6 is 0 Å². The maximum Gasteiger partial charge on any atom is 0.253 e. The molecule has 1 amide bonds. The van der Waals surface area contributed by atoms with E-state index < -0.39 is 0 Å². The first-order chi connectivity index (χ1) is 17.3. The van der Waals surface area contributed by atoms with Crippen LogP contribution in [0.4, 0.5) is 8.78 Å². The van der Waals surface area contributed by atoms with Crippen molar-refractivity contribution in [2.75, 3.05) is 33.3 Å². The molecule has 0 aromatic heterocycles. The van der Waals surface area contributed by atoms with E-state index >= 15 is 0 Å². The van der Waals surface area contributed by atoms with Crippen molar-refractivity contribution >= 4 is 5.91 Å². The zero-order chi connectivity index (χ0) is 25.7. The molecule has 1 aliphatic rings. The fraction of sp³-hybridized carbons (Fsp3) is 0.367. The van der Waals surface area contributed by atoms with Crippen LogP contribution in [0.5, 0.6) is 5.75 Å². The van der Waals surface area contributed by atoms with Gasteiger partial charge in [0, 0.05) is 44.2 Å². The molecule has 2 atom stereocenters. The van der Waals surface area contributed by atoms with E-state index in [1.54, 1.807) is 31.4 Å². The van der Waals surface area contributed by atoms with E-state index in [0.717, 1.165) is 24.4 Å². The number of rotatable bonds is 9. The van der Waals surface area contributed by atoms with Crippen LogP contribution in [0, 0.1) is 23.5 Å². The van der Waals surface area contributed by atoms with Gasteiger partial charge in [-0.05, 0) is 71.5 Å². The molecular weight excluding hydrogens is 458 g/mol. The van der Waals surface area contributed by atoms with E-state index in [1.165, 1.54) is 23.8 Å². The number of likely N-dealkylation sites (tertiary alicyclic amines) is 1. The molecule has 3 aromatic carbocycles. The van der Waals surface area contributed by atoms with Crippen LogP contribution in [0.2, 0.25) is 0 Å². The number of nitrogens with zero attached hydrogens (tertiary/aromatic N) is 2. The van der Waals surface area contributed by atoms with Crippen LogP contribution in [0.1, 0.15) is 41.3 Å².